The standard InChI is InChI=1S/C20H36N6O/c1-17(25-12-10-24(3)11-13-25)15-22-20(21-2)23-16-18(19-7-6-14-27-19)26-8-4-5-9-26/h6-7,14,17-18H,4-5,8-13,15-16H2,1-3H3,(H2,21,22,23). The summed E-state index contributed by atoms with van der Waals surface area (Å²) in [5.74, 6) is 1.90. The topological polar surface area (TPSA) is 59.3 Å². The van der Waals surface area contributed by atoms with Crippen molar-refractivity contribution in [3.05, 3.63) is 24.2 Å². The molecule has 7 heteroatoms. The lowest BCUT2D eigenvalue weighted by Gasteiger charge is -2.36. The number of nitrogens with zero attached hydrogens (tertiary/aromatic N) is 4. The molecule has 0 spiro atoms. The van der Waals surface area contributed by atoms with Crippen LogP contribution in [0.2, 0.25) is 0 Å². The second-order valence-corrected chi connectivity index (χ2v) is 7.80. The van der Waals surface area contributed by atoms with E-state index in [2.05, 4.69) is 50.4 Å². The van der Waals surface area contributed by atoms with Gasteiger partial charge in [-0.05, 0) is 52.0 Å². The molecule has 0 aliphatic carbocycles. The molecule has 2 unspecified atom stereocenters. The molecule has 3 heterocycles. The Morgan fingerprint density at radius 2 is 1.78 bits per heavy atom. The van der Waals surface area contributed by atoms with Crippen molar-refractivity contribution >= 4 is 5.96 Å². The average molecular weight is 377 g/mol. The highest BCUT2D eigenvalue weighted by Crippen LogP contribution is 2.24. The fourth-order valence-electron chi connectivity index (χ4n) is 3.99. The molecule has 0 amide bonds. The summed E-state index contributed by atoms with van der Waals surface area (Å²) in [6.07, 6.45) is 4.31. The molecular weight excluding hydrogens is 340 g/mol. The third-order valence-corrected chi connectivity index (χ3v) is 5.87. The van der Waals surface area contributed by atoms with Crippen LogP contribution < -0.4 is 10.6 Å². The molecule has 1 aromatic rings. The van der Waals surface area contributed by atoms with Crippen LogP contribution in [-0.2, 0) is 0 Å². The van der Waals surface area contributed by atoms with Crippen LogP contribution in [0.5, 0.6) is 0 Å². The number of likely N-dealkylation sites (tertiary alicyclic amines) is 1. The smallest absolute Gasteiger partial charge is 0.191 e. The monoisotopic (exact) mass is 376 g/mol. The Morgan fingerprint density at radius 3 is 2.41 bits per heavy atom. The van der Waals surface area contributed by atoms with Gasteiger partial charge in [-0.2, -0.15) is 0 Å². The van der Waals surface area contributed by atoms with Crippen LogP contribution in [0.1, 0.15) is 31.6 Å². The van der Waals surface area contributed by atoms with Crippen LogP contribution >= 0.6 is 0 Å². The van der Waals surface area contributed by atoms with Crippen molar-refractivity contribution in [3.8, 4) is 0 Å². The number of nitrogens with one attached hydrogen (secondary N) is 2. The first kappa shape index (κ1) is 20.2. The zero-order valence-electron chi connectivity index (χ0n) is 17.2. The van der Waals surface area contributed by atoms with E-state index in [4.69, 9.17) is 4.42 Å². The number of hydrogen-bond acceptors (Lipinski definition) is 5. The molecule has 2 N–H and O–H groups in total. The summed E-state index contributed by atoms with van der Waals surface area (Å²) in [5, 5.41) is 7.01. The summed E-state index contributed by atoms with van der Waals surface area (Å²) in [6.45, 7) is 10.9. The van der Waals surface area contributed by atoms with Crippen LogP contribution in [0.25, 0.3) is 0 Å². The van der Waals surface area contributed by atoms with Gasteiger partial charge in [0.25, 0.3) is 0 Å². The van der Waals surface area contributed by atoms with Crippen molar-refractivity contribution in [3.63, 3.8) is 0 Å². The molecule has 0 aromatic carbocycles. The molecule has 2 saturated heterocycles. The van der Waals surface area contributed by atoms with Crippen molar-refractivity contribution in [2.45, 2.75) is 31.8 Å². The van der Waals surface area contributed by atoms with Gasteiger partial charge in [-0.3, -0.25) is 14.8 Å². The van der Waals surface area contributed by atoms with Gasteiger partial charge in [-0.25, -0.2) is 0 Å². The SMILES string of the molecule is CN=C(NCC(C)N1CCN(C)CC1)NCC(c1ccco1)N1CCCC1. The summed E-state index contributed by atoms with van der Waals surface area (Å²) in [6, 6.07) is 4.81. The lowest BCUT2D eigenvalue weighted by Crippen LogP contribution is -2.52. The molecule has 27 heavy (non-hydrogen) atoms. The molecule has 2 aliphatic rings. The van der Waals surface area contributed by atoms with E-state index in [1.807, 2.05) is 13.1 Å². The summed E-state index contributed by atoms with van der Waals surface area (Å²) in [7, 11) is 4.04. The second-order valence-electron chi connectivity index (χ2n) is 7.80. The number of likely N-dealkylation sites (N-methyl/N-ethyl adjacent to an activating group) is 1. The fraction of sp³-hybridized carbons (Fsp3) is 0.750. The lowest BCUT2D eigenvalue weighted by atomic mass is 10.2. The van der Waals surface area contributed by atoms with Gasteiger partial charge in [-0.1, -0.05) is 0 Å². The number of rotatable bonds is 7. The molecule has 2 fully saturated rings. The maximum absolute atomic E-state index is 5.71. The Morgan fingerprint density at radius 1 is 1.07 bits per heavy atom. The van der Waals surface area contributed by atoms with E-state index >= 15 is 0 Å². The van der Waals surface area contributed by atoms with Crippen LogP contribution in [0, 0.1) is 0 Å². The predicted molar refractivity (Wildman–Crippen MR) is 110 cm³/mol. The molecule has 2 atom stereocenters. The Bertz CT molecular complexity index is 561. The maximum atomic E-state index is 5.71. The van der Waals surface area contributed by atoms with Crippen molar-refractivity contribution in [1.29, 1.82) is 0 Å². The minimum absolute atomic E-state index is 0.260. The van der Waals surface area contributed by atoms with Gasteiger partial charge >= 0.3 is 0 Å². The zero-order valence-corrected chi connectivity index (χ0v) is 17.2. The highest BCUT2D eigenvalue weighted by atomic mass is 16.3. The van der Waals surface area contributed by atoms with Gasteiger partial charge in [0.05, 0.1) is 12.3 Å². The van der Waals surface area contributed by atoms with E-state index in [-0.39, 0.29) is 6.04 Å². The normalized spacial score (nSPS) is 22.7. The van der Waals surface area contributed by atoms with Crippen LogP contribution in [0.15, 0.2) is 27.8 Å². The minimum atomic E-state index is 0.260. The maximum Gasteiger partial charge on any atom is 0.191 e. The summed E-state index contributed by atoms with van der Waals surface area (Å²) in [5.41, 5.74) is 0. The molecule has 0 saturated carbocycles. The first-order valence-electron chi connectivity index (χ1n) is 10.3. The van der Waals surface area contributed by atoms with Crippen LogP contribution in [-0.4, -0.2) is 93.2 Å². The highest BCUT2D eigenvalue weighted by molar-refractivity contribution is 5.79. The largest absolute Gasteiger partial charge is 0.468 e. The molecule has 3 rings (SSSR count). The Kier molecular flexibility index (Phi) is 7.55. The van der Waals surface area contributed by atoms with Crippen LogP contribution in [0.4, 0.5) is 0 Å². The molecular formula is C20H36N6O. The Hall–Kier alpha value is -1.57. The number of guanidine groups is 1. The number of furan rings is 1. The molecule has 152 valence electrons. The van der Waals surface area contributed by atoms with Crippen molar-refractivity contribution in [1.82, 2.24) is 25.3 Å². The van der Waals surface area contributed by atoms with Gasteiger partial charge in [0.2, 0.25) is 0 Å². The summed E-state index contributed by atoms with van der Waals surface area (Å²) < 4.78 is 5.71. The predicted octanol–water partition coefficient (Wildman–Crippen LogP) is 1.22. The van der Waals surface area contributed by atoms with Crippen molar-refractivity contribution < 1.29 is 4.42 Å². The molecule has 2 aliphatic heterocycles. The Labute approximate surface area is 163 Å². The van der Waals surface area contributed by atoms with Crippen molar-refractivity contribution in [2.24, 2.45) is 4.99 Å². The molecule has 0 bridgehead atoms. The van der Waals surface area contributed by atoms with Gasteiger partial charge in [0.1, 0.15) is 5.76 Å². The number of hydrogen-bond donors (Lipinski definition) is 2. The van der Waals surface area contributed by atoms with E-state index in [0.29, 0.717) is 6.04 Å². The number of aliphatic imine (C=N–C) groups is 1. The number of piperazine rings is 1. The lowest BCUT2D eigenvalue weighted by molar-refractivity contribution is 0.120. The third kappa shape index (κ3) is 5.70. The van der Waals surface area contributed by atoms with Crippen molar-refractivity contribution in [2.75, 3.05) is 66.5 Å². The molecule has 0 radical (unpaired) electrons. The molecule has 7 nitrogen and oxygen atoms in total. The second kappa shape index (κ2) is 10.1. The van der Waals surface area contributed by atoms with E-state index < -0.39 is 0 Å². The minimum Gasteiger partial charge on any atom is -0.468 e. The zero-order chi connectivity index (χ0) is 19.1. The highest BCUT2D eigenvalue weighted by Gasteiger charge is 2.26. The van der Waals surface area contributed by atoms with Gasteiger partial charge in [0, 0.05) is 52.4 Å². The van der Waals surface area contributed by atoms with Gasteiger partial charge in [0.15, 0.2) is 5.96 Å². The van der Waals surface area contributed by atoms with E-state index in [0.717, 1.165) is 64.1 Å². The first-order chi connectivity index (χ1) is 13.2. The molecule has 1 aromatic heterocycles. The quantitative estimate of drug-likeness (QED) is 0.551. The van der Waals surface area contributed by atoms with E-state index in [1.54, 1.807) is 6.26 Å². The third-order valence-electron chi connectivity index (χ3n) is 5.87. The first-order valence-corrected chi connectivity index (χ1v) is 10.3. The summed E-state index contributed by atoms with van der Waals surface area (Å²) in [4.78, 5) is 11.9. The van der Waals surface area contributed by atoms with E-state index in [1.165, 1.54) is 12.8 Å². The summed E-state index contributed by atoms with van der Waals surface area (Å²) >= 11 is 0. The Balaban J connectivity index is 1.47. The van der Waals surface area contributed by atoms with Gasteiger partial charge < -0.3 is 20.0 Å². The van der Waals surface area contributed by atoms with E-state index in [9.17, 15) is 0 Å². The van der Waals surface area contributed by atoms with Crippen LogP contribution in [0.3, 0.4) is 0 Å². The van der Waals surface area contributed by atoms with Gasteiger partial charge in [-0.15, -0.1) is 0 Å². The average Bonchev–Trinajstić information content (AvgIpc) is 3.39. The fourth-order valence-corrected chi connectivity index (χ4v) is 3.99.